The van der Waals surface area contributed by atoms with Gasteiger partial charge >= 0.3 is 0 Å². The average molecular weight is 328 g/mol. The average Bonchev–Trinajstić information content (AvgIpc) is 2.97. The molecule has 2 rings (SSSR count). The van der Waals surface area contributed by atoms with Crippen molar-refractivity contribution in [1.29, 1.82) is 0 Å². The van der Waals surface area contributed by atoms with Crippen LogP contribution in [0.3, 0.4) is 0 Å². The lowest BCUT2D eigenvalue weighted by Crippen LogP contribution is -2.39. The van der Waals surface area contributed by atoms with Crippen LogP contribution in [0.15, 0.2) is 12.4 Å². The molecule has 0 amide bonds. The number of nitrogens with zero attached hydrogens (tertiary/aromatic N) is 2. The first-order chi connectivity index (χ1) is 10.3. The van der Waals surface area contributed by atoms with E-state index in [9.17, 15) is 0 Å². The van der Waals surface area contributed by atoms with Crippen LogP contribution in [0.5, 0.6) is 0 Å². The van der Waals surface area contributed by atoms with Gasteiger partial charge in [0.05, 0.1) is 6.20 Å². The lowest BCUT2D eigenvalue weighted by atomic mass is 10.0. The molecule has 0 bridgehead atoms. The molecular weight excluding hydrogens is 298 g/mol. The molecule has 120 valence electrons. The summed E-state index contributed by atoms with van der Waals surface area (Å²) < 4.78 is 2.09. The molecule has 3 unspecified atom stereocenters. The van der Waals surface area contributed by atoms with E-state index in [-0.39, 0.29) is 0 Å². The molecule has 2 heterocycles. The van der Waals surface area contributed by atoms with Gasteiger partial charge in [0.15, 0.2) is 0 Å². The summed E-state index contributed by atoms with van der Waals surface area (Å²) in [4.78, 5) is 0. The molecule has 1 saturated heterocycles. The molecule has 0 radical (unpaired) electrons. The van der Waals surface area contributed by atoms with Gasteiger partial charge in [0.2, 0.25) is 0 Å². The highest BCUT2D eigenvalue weighted by Crippen LogP contribution is 2.40. The van der Waals surface area contributed by atoms with Crippen molar-refractivity contribution in [2.45, 2.75) is 63.1 Å². The quantitative estimate of drug-likeness (QED) is 0.783. The number of aromatic nitrogens is 2. The third kappa shape index (κ3) is 4.67. The molecule has 21 heavy (non-hydrogen) atoms. The van der Waals surface area contributed by atoms with Crippen LogP contribution < -0.4 is 5.32 Å². The Hall–Kier alpha value is -0.130. The normalized spacial score (nSPS) is 24.1. The van der Waals surface area contributed by atoms with Gasteiger partial charge in [-0.2, -0.15) is 28.6 Å². The molecule has 1 aliphatic rings. The Bertz CT molecular complexity index is 408. The topological polar surface area (TPSA) is 29.9 Å². The molecule has 5 heteroatoms. The van der Waals surface area contributed by atoms with E-state index in [1.165, 1.54) is 29.9 Å². The SMILES string of the molecule is CCCNC(c1cnn(CCC)c1)C1SCCSC1CC. The lowest BCUT2D eigenvalue weighted by molar-refractivity contribution is 0.497. The Kier molecular flexibility index (Phi) is 7.47. The van der Waals surface area contributed by atoms with E-state index in [1.54, 1.807) is 0 Å². The zero-order valence-corrected chi connectivity index (χ0v) is 15.2. The summed E-state index contributed by atoms with van der Waals surface area (Å²) in [5.74, 6) is 2.58. The minimum absolute atomic E-state index is 0.443. The molecule has 1 aliphatic heterocycles. The molecule has 1 aromatic heterocycles. The summed E-state index contributed by atoms with van der Waals surface area (Å²) >= 11 is 4.31. The van der Waals surface area contributed by atoms with E-state index < -0.39 is 0 Å². The standard InChI is InChI=1S/C16H29N3S2/c1-4-7-17-15(13-11-18-19(12-13)8-5-2)16-14(6-3)20-9-10-21-16/h11-12,14-17H,4-10H2,1-3H3. The van der Waals surface area contributed by atoms with Crippen LogP contribution in [0.4, 0.5) is 0 Å². The van der Waals surface area contributed by atoms with Gasteiger partial charge in [-0.25, -0.2) is 0 Å². The highest BCUT2D eigenvalue weighted by atomic mass is 32.2. The maximum absolute atomic E-state index is 4.54. The molecule has 1 N–H and O–H groups in total. The van der Waals surface area contributed by atoms with Gasteiger partial charge in [-0.05, 0) is 25.8 Å². The van der Waals surface area contributed by atoms with E-state index in [0.717, 1.165) is 24.8 Å². The maximum Gasteiger partial charge on any atom is 0.0538 e. The van der Waals surface area contributed by atoms with Gasteiger partial charge in [0, 0.05) is 46.4 Å². The summed E-state index contributed by atoms with van der Waals surface area (Å²) in [7, 11) is 0. The first-order valence-corrected chi connectivity index (χ1v) is 10.4. The van der Waals surface area contributed by atoms with Crippen LogP contribution in [0, 0.1) is 0 Å². The van der Waals surface area contributed by atoms with Gasteiger partial charge in [-0.1, -0.05) is 20.8 Å². The minimum Gasteiger partial charge on any atom is -0.309 e. The van der Waals surface area contributed by atoms with Crippen molar-refractivity contribution in [3.8, 4) is 0 Å². The lowest BCUT2D eigenvalue weighted by Gasteiger charge is -2.36. The smallest absolute Gasteiger partial charge is 0.0538 e. The predicted molar refractivity (Wildman–Crippen MR) is 96.3 cm³/mol. The molecule has 0 aliphatic carbocycles. The molecular formula is C16H29N3S2. The van der Waals surface area contributed by atoms with Crippen molar-refractivity contribution in [2.24, 2.45) is 0 Å². The molecule has 0 aromatic carbocycles. The number of nitrogens with one attached hydrogen (secondary N) is 1. The van der Waals surface area contributed by atoms with Crippen molar-refractivity contribution < 1.29 is 0 Å². The van der Waals surface area contributed by atoms with E-state index in [4.69, 9.17) is 0 Å². The Labute approximate surface area is 138 Å². The van der Waals surface area contributed by atoms with Crippen molar-refractivity contribution in [3.63, 3.8) is 0 Å². The fourth-order valence-corrected chi connectivity index (χ4v) is 6.11. The monoisotopic (exact) mass is 327 g/mol. The maximum atomic E-state index is 4.54. The van der Waals surface area contributed by atoms with E-state index >= 15 is 0 Å². The second-order valence-electron chi connectivity index (χ2n) is 5.62. The van der Waals surface area contributed by atoms with Crippen LogP contribution in [0.1, 0.15) is 51.6 Å². The molecule has 0 spiro atoms. The zero-order valence-electron chi connectivity index (χ0n) is 13.5. The molecule has 0 saturated carbocycles. The van der Waals surface area contributed by atoms with Crippen molar-refractivity contribution in [1.82, 2.24) is 15.1 Å². The van der Waals surface area contributed by atoms with Crippen molar-refractivity contribution in [2.75, 3.05) is 18.1 Å². The van der Waals surface area contributed by atoms with Crippen LogP contribution in [0.2, 0.25) is 0 Å². The third-order valence-corrected chi connectivity index (χ3v) is 7.25. The molecule has 3 atom stereocenters. The number of thioether (sulfide) groups is 2. The largest absolute Gasteiger partial charge is 0.309 e. The Balaban J connectivity index is 2.15. The van der Waals surface area contributed by atoms with Gasteiger partial charge in [0.25, 0.3) is 0 Å². The number of aryl methyl sites for hydroxylation is 1. The number of rotatable bonds is 8. The zero-order chi connectivity index (χ0) is 15.1. The Morgan fingerprint density at radius 3 is 2.81 bits per heavy atom. The third-order valence-electron chi connectivity index (χ3n) is 3.90. The van der Waals surface area contributed by atoms with Gasteiger partial charge in [-0.3, -0.25) is 4.68 Å². The first kappa shape index (κ1) is 17.2. The fourth-order valence-electron chi connectivity index (χ4n) is 2.86. The molecule has 3 nitrogen and oxygen atoms in total. The van der Waals surface area contributed by atoms with Crippen molar-refractivity contribution >= 4 is 23.5 Å². The summed E-state index contributed by atoms with van der Waals surface area (Å²) in [5, 5.41) is 9.75. The summed E-state index contributed by atoms with van der Waals surface area (Å²) in [6.07, 6.45) is 7.91. The highest BCUT2D eigenvalue weighted by Gasteiger charge is 2.33. The summed E-state index contributed by atoms with van der Waals surface area (Å²) in [5.41, 5.74) is 1.37. The second-order valence-corrected chi connectivity index (χ2v) is 8.25. The van der Waals surface area contributed by atoms with Crippen LogP contribution in [-0.2, 0) is 6.54 Å². The number of hydrogen-bond donors (Lipinski definition) is 1. The number of hydrogen-bond acceptors (Lipinski definition) is 4. The van der Waals surface area contributed by atoms with Crippen LogP contribution in [0.25, 0.3) is 0 Å². The molecule has 1 aromatic rings. The van der Waals surface area contributed by atoms with E-state index in [2.05, 4.69) is 71.8 Å². The van der Waals surface area contributed by atoms with Gasteiger partial charge < -0.3 is 5.32 Å². The van der Waals surface area contributed by atoms with Crippen LogP contribution >= 0.6 is 23.5 Å². The fraction of sp³-hybridized carbons (Fsp3) is 0.812. The first-order valence-electron chi connectivity index (χ1n) is 8.29. The molecule has 1 fully saturated rings. The second kappa shape index (κ2) is 9.11. The Morgan fingerprint density at radius 1 is 1.29 bits per heavy atom. The van der Waals surface area contributed by atoms with E-state index in [1.807, 2.05) is 0 Å². The summed E-state index contributed by atoms with van der Waals surface area (Å²) in [6.45, 7) is 8.87. The highest BCUT2D eigenvalue weighted by molar-refractivity contribution is 8.07. The van der Waals surface area contributed by atoms with Crippen molar-refractivity contribution in [3.05, 3.63) is 18.0 Å². The van der Waals surface area contributed by atoms with Gasteiger partial charge in [-0.15, -0.1) is 0 Å². The minimum atomic E-state index is 0.443. The summed E-state index contributed by atoms with van der Waals surface area (Å²) in [6, 6.07) is 0.443. The van der Waals surface area contributed by atoms with Crippen LogP contribution in [-0.4, -0.2) is 38.3 Å². The van der Waals surface area contributed by atoms with E-state index in [0.29, 0.717) is 11.3 Å². The van der Waals surface area contributed by atoms with Gasteiger partial charge in [0.1, 0.15) is 0 Å². The predicted octanol–water partition coefficient (Wildman–Crippen LogP) is 3.96. The Morgan fingerprint density at radius 2 is 2.10 bits per heavy atom.